The van der Waals surface area contributed by atoms with E-state index in [0.29, 0.717) is 6.42 Å². The monoisotopic (exact) mass is 331 g/mol. The highest BCUT2D eigenvalue weighted by atomic mass is 32.1. The molecule has 0 saturated carbocycles. The molecule has 1 aliphatic heterocycles. The number of amides is 1. The van der Waals surface area contributed by atoms with Gasteiger partial charge in [0.2, 0.25) is 5.91 Å². The van der Waals surface area contributed by atoms with Crippen LogP contribution in [0, 0.1) is 11.2 Å². The van der Waals surface area contributed by atoms with Crippen LogP contribution >= 0.6 is 11.3 Å². The van der Waals surface area contributed by atoms with Crippen molar-refractivity contribution in [1.29, 1.82) is 0 Å². The zero-order chi connectivity index (χ0) is 16.6. The number of carbonyl (C=O) groups excluding carboxylic acids is 1. The molecule has 1 amide bonds. The lowest BCUT2D eigenvalue weighted by Crippen LogP contribution is -2.41. The standard InChI is InChI=1S/C19H22FNOS/c1-19(2,3)12-17(22)21-10-8-16-15(9-11-23-16)18(21)13-4-6-14(20)7-5-13/h4-7,9,11,18H,8,10,12H2,1-3H3/t18-/m0/s1. The second kappa shape index (κ2) is 6.08. The van der Waals surface area contributed by atoms with Gasteiger partial charge in [-0.15, -0.1) is 11.3 Å². The molecule has 1 aliphatic rings. The number of hydrogen-bond acceptors (Lipinski definition) is 2. The van der Waals surface area contributed by atoms with Gasteiger partial charge < -0.3 is 4.90 Å². The molecule has 0 N–H and O–H groups in total. The van der Waals surface area contributed by atoms with E-state index in [1.807, 2.05) is 4.90 Å². The zero-order valence-electron chi connectivity index (χ0n) is 13.8. The minimum absolute atomic E-state index is 0.0423. The van der Waals surface area contributed by atoms with Crippen LogP contribution < -0.4 is 0 Å². The summed E-state index contributed by atoms with van der Waals surface area (Å²) in [6.45, 7) is 6.97. The first-order valence-corrected chi connectivity index (χ1v) is 8.84. The van der Waals surface area contributed by atoms with E-state index in [0.717, 1.165) is 18.5 Å². The van der Waals surface area contributed by atoms with E-state index >= 15 is 0 Å². The van der Waals surface area contributed by atoms with Crippen LogP contribution in [0.15, 0.2) is 35.7 Å². The maximum Gasteiger partial charge on any atom is 0.223 e. The Kier molecular flexibility index (Phi) is 4.28. The Morgan fingerprint density at radius 1 is 1.26 bits per heavy atom. The molecule has 1 aromatic carbocycles. The molecule has 23 heavy (non-hydrogen) atoms. The molecule has 2 aromatic rings. The van der Waals surface area contributed by atoms with Crippen molar-refractivity contribution in [2.45, 2.75) is 39.7 Å². The summed E-state index contributed by atoms with van der Waals surface area (Å²) in [5, 5.41) is 2.08. The molecule has 122 valence electrons. The van der Waals surface area contributed by atoms with Crippen molar-refractivity contribution in [3.05, 3.63) is 57.5 Å². The Balaban J connectivity index is 1.98. The van der Waals surface area contributed by atoms with Crippen molar-refractivity contribution in [1.82, 2.24) is 4.90 Å². The third-order valence-electron chi connectivity index (χ3n) is 4.15. The van der Waals surface area contributed by atoms with E-state index in [1.54, 1.807) is 23.5 Å². The van der Waals surface area contributed by atoms with Crippen LogP contribution in [0.1, 0.15) is 49.2 Å². The maximum atomic E-state index is 13.3. The molecule has 1 aromatic heterocycles. The van der Waals surface area contributed by atoms with Crippen molar-refractivity contribution in [3.63, 3.8) is 0 Å². The summed E-state index contributed by atoms with van der Waals surface area (Å²) >= 11 is 1.74. The third-order valence-corrected chi connectivity index (χ3v) is 5.15. The van der Waals surface area contributed by atoms with Gasteiger partial charge in [0.05, 0.1) is 6.04 Å². The highest BCUT2D eigenvalue weighted by Gasteiger charge is 2.34. The Bertz CT molecular complexity index is 699. The average molecular weight is 331 g/mol. The molecule has 0 bridgehead atoms. The number of halogens is 1. The van der Waals surface area contributed by atoms with Gasteiger partial charge in [0.25, 0.3) is 0 Å². The number of nitrogens with zero attached hydrogens (tertiary/aromatic N) is 1. The minimum Gasteiger partial charge on any atom is -0.331 e. The van der Waals surface area contributed by atoms with Gasteiger partial charge >= 0.3 is 0 Å². The Hall–Kier alpha value is -1.68. The summed E-state index contributed by atoms with van der Waals surface area (Å²) in [7, 11) is 0. The van der Waals surface area contributed by atoms with E-state index in [2.05, 4.69) is 32.2 Å². The molecule has 2 heterocycles. The van der Waals surface area contributed by atoms with Gasteiger partial charge in [-0.1, -0.05) is 32.9 Å². The predicted molar refractivity (Wildman–Crippen MR) is 92.1 cm³/mol. The summed E-state index contributed by atoms with van der Waals surface area (Å²) in [6.07, 6.45) is 1.42. The summed E-state index contributed by atoms with van der Waals surface area (Å²) in [4.78, 5) is 16.1. The van der Waals surface area contributed by atoms with Crippen LogP contribution in [0.25, 0.3) is 0 Å². The number of thiophene rings is 1. The van der Waals surface area contributed by atoms with E-state index in [4.69, 9.17) is 0 Å². The number of rotatable bonds is 2. The fourth-order valence-electron chi connectivity index (χ4n) is 3.14. The first-order chi connectivity index (χ1) is 10.8. The van der Waals surface area contributed by atoms with E-state index in [9.17, 15) is 9.18 Å². The highest BCUT2D eigenvalue weighted by molar-refractivity contribution is 7.10. The Morgan fingerprint density at radius 2 is 1.96 bits per heavy atom. The zero-order valence-corrected chi connectivity index (χ0v) is 14.6. The second-order valence-electron chi connectivity index (χ2n) is 7.33. The Labute approximate surface area is 140 Å². The van der Waals surface area contributed by atoms with E-state index in [-0.39, 0.29) is 23.2 Å². The van der Waals surface area contributed by atoms with Crippen molar-refractivity contribution < 1.29 is 9.18 Å². The quantitative estimate of drug-likeness (QED) is 0.774. The van der Waals surface area contributed by atoms with Crippen LogP contribution in [-0.4, -0.2) is 17.4 Å². The lowest BCUT2D eigenvalue weighted by atomic mass is 9.88. The van der Waals surface area contributed by atoms with Crippen molar-refractivity contribution in [3.8, 4) is 0 Å². The summed E-state index contributed by atoms with van der Waals surface area (Å²) in [5.74, 6) is -0.0775. The largest absolute Gasteiger partial charge is 0.331 e. The second-order valence-corrected chi connectivity index (χ2v) is 8.33. The van der Waals surface area contributed by atoms with E-state index < -0.39 is 0 Å². The van der Waals surface area contributed by atoms with Gasteiger partial charge in [-0.2, -0.15) is 0 Å². The molecule has 1 atom stereocenters. The fraction of sp³-hybridized carbons (Fsp3) is 0.421. The molecular weight excluding hydrogens is 309 g/mol. The van der Waals surface area contributed by atoms with E-state index in [1.165, 1.54) is 22.6 Å². The number of fused-ring (bicyclic) bond motifs is 1. The highest BCUT2D eigenvalue weighted by Crippen LogP contribution is 2.38. The van der Waals surface area contributed by atoms with Crippen LogP contribution in [0.3, 0.4) is 0 Å². The first-order valence-electron chi connectivity index (χ1n) is 7.96. The minimum atomic E-state index is -0.248. The molecule has 0 unspecified atom stereocenters. The van der Waals surface area contributed by atoms with Gasteiger partial charge in [0.1, 0.15) is 5.82 Å². The van der Waals surface area contributed by atoms with Crippen LogP contribution in [-0.2, 0) is 11.2 Å². The van der Waals surface area contributed by atoms with Crippen molar-refractivity contribution in [2.75, 3.05) is 6.54 Å². The number of carbonyl (C=O) groups is 1. The van der Waals surface area contributed by atoms with Gasteiger partial charge in [-0.3, -0.25) is 4.79 Å². The average Bonchev–Trinajstić information content (AvgIpc) is 2.93. The molecule has 4 heteroatoms. The topological polar surface area (TPSA) is 20.3 Å². The first kappa shape index (κ1) is 16.2. The summed E-state index contributed by atoms with van der Waals surface area (Å²) < 4.78 is 13.3. The van der Waals surface area contributed by atoms with Crippen LogP contribution in [0.5, 0.6) is 0 Å². The van der Waals surface area contributed by atoms with Gasteiger partial charge in [-0.25, -0.2) is 4.39 Å². The lowest BCUT2D eigenvalue weighted by Gasteiger charge is -2.37. The summed E-state index contributed by atoms with van der Waals surface area (Å²) in [5.41, 5.74) is 2.13. The lowest BCUT2D eigenvalue weighted by molar-refractivity contribution is -0.135. The SMILES string of the molecule is CC(C)(C)CC(=O)N1CCc2sccc2[C@@H]1c1ccc(F)cc1. The molecular formula is C19H22FNOS. The number of benzene rings is 1. The molecule has 0 fully saturated rings. The molecule has 2 nitrogen and oxygen atoms in total. The van der Waals surface area contributed by atoms with Crippen molar-refractivity contribution in [2.24, 2.45) is 5.41 Å². The van der Waals surface area contributed by atoms with Crippen LogP contribution in [0.4, 0.5) is 4.39 Å². The number of hydrogen-bond donors (Lipinski definition) is 0. The van der Waals surface area contributed by atoms with Gasteiger partial charge in [-0.05, 0) is 46.5 Å². The van der Waals surface area contributed by atoms with Crippen molar-refractivity contribution >= 4 is 17.2 Å². The third kappa shape index (κ3) is 3.47. The Morgan fingerprint density at radius 3 is 2.61 bits per heavy atom. The summed E-state index contributed by atoms with van der Waals surface area (Å²) in [6, 6.07) is 8.55. The molecule has 0 saturated heterocycles. The molecule has 0 radical (unpaired) electrons. The molecule has 0 aliphatic carbocycles. The van der Waals surface area contributed by atoms with Crippen LogP contribution in [0.2, 0.25) is 0 Å². The fourth-order valence-corrected chi connectivity index (χ4v) is 4.05. The van der Waals surface area contributed by atoms with Gasteiger partial charge in [0.15, 0.2) is 0 Å². The maximum absolute atomic E-state index is 13.3. The molecule has 3 rings (SSSR count). The predicted octanol–water partition coefficient (Wildman–Crippen LogP) is 4.80. The van der Waals surface area contributed by atoms with Gasteiger partial charge in [0, 0.05) is 17.8 Å². The molecule has 0 spiro atoms. The normalized spacial score (nSPS) is 17.9. The smallest absolute Gasteiger partial charge is 0.223 e.